The van der Waals surface area contributed by atoms with Crippen molar-refractivity contribution in [3.63, 3.8) is 0 Å². The van der Waals surface area contributed by atoms with Crippen LogP contribution in [0.15, 0.2) is 53.8 Å². The molecule has 1 unspecified atom stereocenters. The molecule has 0 aromatic heterocycles. The summed E-state index contributed by atoms with van der Waals surface area (Å²) in [6.07, 6.45) is 5.46. The molecule has 2 rings (SSSR count). The van der Waals surface area contributed by atoms with Gasteiger partial charge in [0.05, 0.1) is 6.04 Å². The van der Waals surface area contributed by atoms with E-state index in [4.69, 9.17) is 0 Å². The molecule has 1 aliphatic heterocycles. The molecular formula is C15H19N. The highest BCUT2D eigenvalue weighted by Gasteiger charge is 2.18. The fraction of sp³-hybridized carbons (Fsp3) is 0.333. The summed E-state index contributed by atoms with van der Waals surface area (Å²) in [5, 5.41) is 0. The molecule has 0 saturated carbocycles. The first kappa shape index (κ1) is 11.0. The highest BCUT2D eigenvalue weighted by Crippen LogP contribution is 2.23. The monoisotopic (exact) mass is 213 g/mol. The molecule has 0 fully saturated rings. The van der Waals surface area contributed by atoms with Crippen molar-refractivity contribution in [1.29, 1.82) is 0 Å². The van der Waals surface area contributed by atoms with Crippen molar-refractivity contribution in [3.8, 4) is 0 Å². The molecule has 1 atom stereocenters. The molecule has 0 spiro atoms. The van der Waals surface area contributed by atoms with E-state index in [1.165, 1.54) is 16.7 Å². The van der Waals surface area contributed by atoms with Gasteiger partial charge < -0.3 is 4.90 Å². The van der Waals surface area contributed by atoms with E-state index in [-0.39, 0.29) is 0 Å². The van der Waals surface area contributed by atoms with Crippen molar-refractivity contribution in [2.45, 2.75) is 26.3 Å². The smallest absolute Gasteiger partial charge is 0.0536 e. The Balaban J connectivity index is 2.19. The first-order chi connectivity index (χ1) is 7.68. The predicted octanol–water partition coefficient (Wildman–Crippen LogP) is 3.39. The molecule has 0 N–H and O–H groups in total. The van der Waals surface area contributed by atoms with E-state index in [1.807, 2.05) is 0 Å². The van der Waals surface area contributed by atoms with Crippen molar-refractivity contribution >= 4 is 0 Å². The average molecular weight is 213 g/mol. The zero-order valence-electron chi connectivity index (χ0n) is 10.3. The summed E-state index contributed by atoms with van der Waals surface area (Å²) in [7, 11) is 2.15. The summed E-state index contributed by atoms with van der Waals surface area (Å²) >= 11 is 0. The molecule has 0 bridgehead atoms. The van der Waals surface area contributed by atoms with Crippen LogP contribution in [0.3, 0.4) is 0 Å². The Hall–Kier alpha value is -1.50. The lowest BCUT2D eigenvalue weighted by Gasteiger charge is -2.32. The Labute approximate surface area is 98.1 Å². The SMILES string of the molecule is CC1=C(C)C(Cc2ccccc2)N(C)C=C1. The van der Waals surface area contributed by atoms with E-state index >= 15 is 0 Å². The van der Waals surface area contributed by atoms with Crippen LogP contribution in [0.4, 0.5) is 0 Å². The van der Waals surface area contributed by atoms with Crippen molar-refractivity contribution in [1.82, 2.24) is 4.90 Å². The number of likely N-dealkylation sites (N-methyl/N-ethyl adjacent to an activating group) is 1. The second-order valence-corrected chi connectivity index (χ2v) is 4.55. The number of hydrogen-bond acceptors (Lipinski definition) is 1. The summed E-state index contributed by atoms with van der Waals surface area (Å²) in [5.41, 5.74) is 4.29. The van der Waals surface area contributed by atoms with Crippen LogP contribution in [-0.2, 0) is 6.42 Å². The maximum absolute atomic E-state index is 2.30. The minimum absolute atomic E-state index is 0.507. The summed E-state index contributed by atoms with van der Waals surface area (Å²) in [5.74, 6) is 0. The minimum Gasteiger partial charge on any atom is -0.373 e. The van der Waals surface area contributed by atoms with Crippen LogP contribution in [0, 0.1) is 0 Å². The van der Waals surface area contributed by atoms with Crippen molar-refractivity contribution in [2.75, 3.05) is 7.05 Å². The maximum Gasteiger partial charge on any atom is 0.0536 e. The fourth-order valence-corrected chi connectivity index (χ4v) is 2.17. The Morgan fingerprint density at radius 2 is 1.81 bits per heavy atom. The molecule has 1 heteroatoms. The molecule has 1 aromatic rings. The van der Waals surface area contributed by atoms with Crippen LogP contribution in [0.2, 0.25) is 0 Å². The van der Waals surface area contributed by atoms with Gasteiger partial charge in [0, 0.05) is 7.05 Å². The van der Waals surface area contributed by atoms with Crippen molar-refractivity contribution in [2.24, 2.45) is 0 Å². The van der Waals surface area contributed by atoms with E-state index in [2.05, 4.69) is 68.4 Å². The lowest BCUT2D eigenvalue weighted by atomic mass is 9.93. The van der Waals surface area contributed by atoms with Gasteiger partial charge in [-0.1, -0.05) is 30.3 Å². The first-order valence-electron chi connectivity index (χ1n) is 5.80. The Bertz CT molecular complexity index is 414. The van der Waals surface area contributed by atoms with Crippen LogP contribution in [0.1, 0.15) is 19.4 Å². The highest BCUT2D eigenvalue weighted by molar-refractivity contribution is 5.32. The zero-order valence-corrected chi connectivity index (χ0v) is 10.3. The van der Waals surface area contributed by atoms with Crippen LogP contribution in [0.5, 0.6) is 0 Å². The third-order valence-corrected chi connectivity index (χ3v) is 3.45. The summed E-state index contributed by atoms with van der Waals surface area (Å²) < 4.78 is 0. The van der Waals surface area contributed by atoms with Gasteiger partial charge in [-0.3, -0.25) is 0 Å². The lowest BCUT2D eigenvalue weighted by Crippen LogP contribution is -2.32. The van der Waals surface area contributed by atoms with Gasteiger partial charge in [-0.15, -0.1) is 0 Å². The average Bonchev–Trinajstić information content (AvgIpc) is 2.31. The van der Waals surface area contributed by atoms with Gasteiger partial charge in [0.15, 0.2) is 0 Å². The predicted molar refractivity (Wildman–Crippen MR) is 69.2 cm³/mol. The summed E-state index contributed by atoms with van der Waals surface area (Å²) in [6.45, 7) is 4.43. The highest BCUT2D eigenvalue weighted by atomic mass is 15.1. The molecule has 0 aliphatic carbocycles. The van der Waals surface area contributed by atoms with E-state index < -0.39 is 0 Å². The topological polar surface area (TPSA) is 3.24 Å². The van der Waals surface area contributed by atoms with Crippen LogP contribution in [-0.4, -0.2) is 18.0 Å². The fourth-order valence-electron chi connectivity index (χ4n) is 2.17. The van der Waals surface area contributed by atoms with E-state index in [1.54, 1.807) is 0 Å². The molecule has 0 saturated heterocycles. The third-order valence-electron chi connectivity index (χ3n) is 3.45. The molecule has 1 aromatic carbocycles. The Kier molecular flexibility index (Phi) is 3.14. The van der Waals surface area contributed by atoms with Crippen molar-refractivity contribution < 1.29 is 0 Å². The number of benzene rings is 1. The first-order valence-corrected chi connectivity index (χ1v) is 5.80. The van der Waals surface area contributed by atoms with Gasteiger partial charge in [-0.25, -0.2) is 0 Å². The van der Waals surface area contributed by atoms with Gasteiger partial charge in [0.2, 0.25) is 0 Å². The van der Waals surface area contributed by atoms with E-state index in [0.717, 1.165) is 6.42 Å². The summed E-state index contributed by atoms with van der Waals surface area (Å²) in [4.78, 5) is 2.30. The number of allylic oxidation sites excluding steroid dienone is 2. The van der Waals surface area contributed by atoms with E-state index in [9.17, 15) is 0 Å². The third kappa shape index (κ3) is 2.19. The molecule has 1 heterocycles. The molecule has 84 valence electrons. The van der Waals surface area contributed by atoms with E-state index in [0.29, 0.717) is 6.04 Å². The molecule has 16 heavy (non-hydrogen) atoms. The number of rotatable bonds is 2. The number of nitrogens with zero attached hydrogens (tertiary/aromatic N) is 1. The van der Waals surface area contributed by atoms with Gasteiger partial charge in [0.1, 0.15) is 0 Å². The Morgan fingerprint density at radius 1 is 1.12 bits per heavy atom. The van der Waals surface area contributed by atoms with Crippen molar-refractivity contribution in [3.05, 3.63) is 59.3 Å². The zero-order chi connectivity index (χ0) is 11.5. The van der Waals surface area contributed by atoms with Gasteiger partial charge in [-0.2, -0.15) is 0 Å². The van der Waals surface area contributed by atoms with Crippen LogP contribution >= 0.6 is 0 Å². The standard InChI is InChI=1S/C15H19N/c1-12-9-10-16(3)15(13(12)2)11-14-7-5-4-6-8-14/h4-10,15H,11H2,1-3H3. The van der Waals surface area contributed by atoms with Gasteiger partial charge in [-0.05, 0) is 49.3 Å². The maximum atomic E-state index is 2.30. The second-order valence-electron chi connectivity index (χ2n) is 4.55. The molecule has 0 amide bonds. The quantitative estimate of drug-likeness (QED) is 0.728. The number of hydrogen-bond donors (Lipinski definition) is 0. The van der Waals surface area contributed by atoms with Gasteiger partial charge >= 0.3 is 0 Å². The molecular weight excluding hydrogens is 194 g/mol. The Morgan fingerprint density at radius 3 is 2.50 bits per heavy atom. The molecule has 1 aliphatic rings. The lowest BCUT2D eigenvalue weighted by molar-refractivity contribution is 0.359. The van der Waals surface area contributed by atoms with Gasteiger partial charge in [0.25, 0.3) is 0 Å². The normalized spacial score (nSPS) is 20.4. The largest absolute Gasteiger partial charge is 0.373 e. The minimum atomic E-state index is 0.507. The molecule has 0 radical (unpaired) electrons. The second kappa shape index (κ2) is 4.56. The van der Waals surface area contributed by atoms with Crippen LogP contribution < -0.4 is 0 Å². The molecule has 1 nitrogen and oxygen atoms in total. The summed E-state index contributed by atoms with van der Waals surface area (Å²) in [6, 6.07) is 11.2. The van der Waals surface area contributed by atoms with Crippen LogP contribution in [0.25, 0.3) is 0 Å².